The van der Waals surface area contributed by atoms with Crippen LogP contribution < -0.4 is 19.7 Å². The number of piperazine rings is 1. The van der Waals surface area contributed by atoms with Crippen LogP contribution in [0.15, 0.2) is 41.7 Å². The summed E-state index contributed by atoms with van der Waals surface area (Å²) < 4.78 is 34.8. The van der Waals surface area contributed by atoms with Crippen LogP contribution in [0.2, 0.25) is 0 Å². The predicted octanol–water partition coefficient (Wildman–Crippen LogP) is 2.64. The number of aromatic nitrogens is 2. The van der Waals surface area contributed by atoms with Crippen molar-refractivity contribution in [3.8, 4) is 11.5 Å². The topological polar surface area (TPSA) is 75.1 Å². The molecule has 0 unspecified atom stereocenters. The number of hydrogen-bond acceptors (Lipinski definition) is 6. The SMILES string of the molecule is CN=C(NCCc1ccc(OC)c(OC(F)F)c1)N1CCN(c2ncccn2)CC1.I. The normalized spacial score (nSPS) is 14.3. The third kappa shape index (κ3) is 7.04. The van der Waals surface area contributed by atoms with Gasteiger partial charge < -0.3 is 24.6 Å². The van der Waals surface area contributed by atoms with E-state index in [0.29, 0.717) is 13.0 Å². The van der Waals surface area contributed by atoms with Gasteiger partial charge in [0.25, 0.3) is 0 Å². The van der Waals surface area contributed by atoms with Crippen LogP contribution in [0.25, 0.3) is 0 Å². The molecule has 0 saturated carbocycles. The molecule has 0 spiro atoms. The lowest BCUT2D eigenvalue weighted by atomic mass is 10.1. The quantitative estimate of drug-likeness (QED) is 0.324. The van der Waals surface area contributed by atoms with E-state index in [2.05, 4.69) is 34.8 Å². The third-order valence-electron chi connectivity index (χ3n) is 4.77. The van der Waals surface area contributed by atoms with Gasteiger partial charge in [0, 0.05) is 52.2 Å². The van der Waals surface area contributed by atoms with Crippen molar-refractivity contribution in [1.29, 1.82) is 0 Å². The number of anilines is 1. The van der Waals surface area contributed by atoms with E-state index in [1.54, 1.807) is 37.6 Å². The maximum absolute atomic E-state index is 12.6. The number of rotatable bonds is 7. The van der Waals surface area contributed by atoms with E-state index >= 15 is 0 Å². The summed E-state index contributed by atoms with van der Waals surface area (Å²) in [6.45, 7) is 0.912. The number of benzene rings is 1. The van der Waals surface area contributed by atoms with E-state index in [9.17, 15) is 8.78 Å². The number of halogens is 3. The fourth-order valence-electron chi connectivity index (χ4n) is 3.29. The van der Waals surface area contributed by atoms with Gasteiger partial charge in [-0.05, 0) is 30.2 Å². The van der Waals surface area contributed by atoms with Gasteiger partial charge in [0.1, 0.15) is 0 Å². The molecule has 170 valence electrons. The highest BCUT2D eigenvalue weighted by Gasteiger charge is 2.21. The average molecular weight is 548 g/mol. The van der Waals surface area contributed by atoms with Crippen molar-refractivity contribution in [1.82, 2.24) is 20.2 Å². The number of guanidine groups is 1. The number of hydrogen-bond donors (Lipinski definition) is 1. The summed E-state index contributed by atoms with van der Waals surface area (Å²) in [6.07, 6.45) is 4.11. The Morgan fingerprint density at radius 3 is 2.48 bits per heavy atom. The first-order valence-corrected chi connectivity index (χ1v) is 9.70. The second-order valence-electron chi connectivity index (χ2n) is 6.61. The fraction of sp³-hybridized carbons (Fsp3) is 0.450. The van der Waals surface area contributed by atoms with Gasteiger partial charge in [-0.15, -0.1) is 24.0 Å². The molecule has 11 heteroatoms. The summed E-state index contributed by atoms with van der Waals surface area (Å²) in [5.74, 6) is 1.86. The van der Waals surface area contributed by atoms with Crippen molar-refractivity contribution >= 4 is 35.9 Å². The van der Waals surface area contributed by atoms with Gasteiger partial charge in [-0.1, -0.05) is 6.07 Å². The van der Waals surface area contributed by atoms with Gasteiger partial charge in [-0.2, -0.15) is 8.78 Å². The zero-order valence-electron chi connectivity index (χ0n) is 17.5. The summed E-state index contributed by atoms with van der Waals surface area (Å²) in [5.41, 5.74) is 0.862. The van der Waals surface area contributed by atoms with Gasteiger partial charge in [-0.25, -0.2) is 9.97 Å². The molecular formula is C20H27F2IN6O2. The van der Waals surface area contributed by atoms with Crippen molar-refractivity contribution < 1.29 is 18.3 Å². The molecule has 31 heavy (non-hydrogen) atoms. The van der Waals surface area contributed by atoms with Crippen LogP contribution >= 0.6 is 24.0 Å². The van der Waals surface area contributed by atoms with E-state index in [4.69, 9.17) is 4.74 Å². The predicted molar refractivity (Wildman–Crippen MR) is 126 cm³/mol. The Hall–Kier alpha value is -2.44. The van der Waals surface area contributed by atoms with E-state index in [0.717, 1.165) is 43.7 Å². The molecule has 0 radical (unpaired) electrons. The first kappa shape index (κ1) is 24.8. The summed E-state index contributed by atoms with van der Waals surface area (Å²) in [4.78, 5) is 17.3. The van der Waals surface area contributed by atoms with Crippen molar-refractivity contribution in [2.45, 2.75) is 13.0 Å². The number of methoxy groups -OCH3 is 1. The standard InChI is InChI=1S/C20H26F2N6O2.HI/c1-23-19(27-10-12-28(13-11-27)20-24-7-3-8-25-20)26-9-6-15-4-5-16(29-2)17(14-15)30-18(21)22;/h3-5,7-8,14,18H,6,9-13H2,1-2H3,(H,23,26);1H. The van der Waals surface area contributed by atoms with Crippen LogP contribution in [0, 0.1) is 0 Å². The molecule has 1 saturated heterocycles. The number of nitrogens with one attached hydrogen (secondary N) is 1. The van der Waals surface area contributed by atoms with Crippen molar-refractivity contribution in [3.63, 3.8) is 0 Å². The molecule has 0 bridgehead atoms. The van der Waals surface area contributed by atoms with Crippen LogP contribution in [0.1, 0.15) is 5.56 Å². The van der Waals surface area contributed by atoms with E-state index in [-0.39, 0.29) is 35.5 Å². The number of alkyl halides is 2. The Labute approximate surface area is 197 Å². The Bertz CT molecular complexity index is 836. The highest BCUT2D eigenvalue weighted by molar-refractivity contribution is 14.0. The maximum atomic E-state index is 12.6. The van der Waals surface area contributed by atoms with Crippen LogP contribution in [0.5, 0.6) is 11.5 Å². The lowest BCUT2D eigenvalue weighted by molar-refractivity contribution is -0.0512. The van der Waals surface area contributed by atoms with Crippen LogP contribution in [-0.4, -0.2) is 74.3 Å². The molecule has 0 aliphatic carbocycles. The van der Waals surface area contributed by atoms with Crippen molar-refractivity contribution in [3.05, 3.63) is 42.2 Å². The molecule has 2 heterocycles. The smallest absolute Gasteiger partial charge is 0.387 e. The maximum Gasteiger partial charge on any atom is 0.387 e. The molecule has 1 aliphatic rings. The summed E-state index contributed by atoms with van der Waals surface area (Å²) in [5, 5.41) is 3.34. The van der Waals surface area contributed by atoms with Crippen LogP contribution in [-0.2, 0) is 6.42 Å². The van der Waals surface area contributed by atoms with Gasteiger partial charge in [0.05, 0.1) is 7.11 Å². The summed E-state index contributed by atoms with van der Waals surface area (Å²) >= 11 is 0. The highest BCUT2D eigenvalue weighted by atomic mass is 127. The van der Waals surface area contributed by atoms with E-state index in [1.165, 1.54) is 7.11 Å². The Kier molecular flexibility index (Phi) is 9.95. The number of aliphatic imine (C=N–C) groups is 1. The average Bonchev–Trinajstić information content (AvgIpc) is 2.77. The third-order valence-corrected chi connectivity index (χ3v) is 4.77. The van der Waals surface area contributed by atoms with E-state index in [1.807, 2.05) is 6.07 Å². The van der Waals surface area contributed by atoms with E-state index < -0.39 is 6.61 Å². The molecule has 0 atom stereocenters. The molecule has 1 aromatic carbocycles. The molecule has 2 aromatic rings. The van der Waals surface area contributed by atoms with Crippen molar-refractivity contribution in [2.24, 2.45) is 4.99 Å². The highest BCUT2D eigenvalue weighted by Crippen LogP contribution is 2.29. The fourth-order valence-corrected chi connectivity index (χ4v) is 3.29. The number of ether oxygens (including phenoxy) is 2. The zero-order chi connectivity index (χ0) is 21.3. The molecule has 1 fully saturated rings. The molecular weight excluding hydrogens is 521 g/mol. The Morgan fingerprint density at radius 2 is 1.87 bits per heavy atom. The van der Waals surface area contributed by atoms with Gasteiger partial charge >= 0.3 is 6.61 Å². The molecule has 1 aromatic heterocycles. The molecule has 0 amide bonds. The second kappa shape index (κ2) is 12.4. The second-order valence-corrected chi connectivity index (χ2v) is 6.61. The van der Waals surface area contributed by atoms with Gasteiger partial charge in [0.15, 0.2) is 17.5 Å². The van der Waals surface area contributed by atoms with Crippen LogP contribution in [0.3, 0.4) is 0 Å². The van der Waals surface area contributed by atoms with Crippen molar-refractivity contribution in [2.75, 3.05) is 51.8 Å². The molecule has 8 nitrogen and oxygen atoms in total. The molecule has 1 N–H and O–H groups in total. The lowest BCUT2D eigenvalue weighted by Crippen LogP contribution is -2.53. The lowest BCUT2D eigenvalue weighted by Gasteiger charge is -2.36. The van der Waals surface area contributed by atoms with Gasteiger partial charge in [0.2, 0.25) is 5.95 Å². The minimum absolute atomic E-state index is 0. The molecule has 1 aliphatic heterocycles. The number of nitrogens with zero attached hydrogens (tertiary/aromatic N) is 5. The monoisotopic (exact) mass is 548 g/mol. The zero-order valence-corrected chi connectivity index (χ0v) is 19.8. The first-order chi connectivity index (χ1) is 14.6. The Balaban J connectivity index is 0.00000341. The summed E-state index contributed by atoms with van der Waals surface area (Å²) in [6, 6.07) is 6.85. The molecule has 3 rings (SSSR count). The first-order valence-electron chi connectivity index (χ1n) is 9.70. The van der Waals surface area contributed by atoms with Crippen LogP contribution in [0.4, 0.5) is 14.7 Å². The minimum atomic E-state index is -2.90. The largest absolute Gasteiger partial charge is 0.493 e. The van der Waals surface area contributed by atoms with Gasteiger partial charge in [-0.3, -0.25) is 4.99 Å². The Morgan fingerprint density at radius 1 is 1.16 bits per heavy atom. The summed E-state index contributed by atoms with van der Waals surface area (Å²) in [7, 11) is 3.17. The minimum Gasteiger partial charge on any atom is -0.493 e.